The number of halogens is 1. The van der Waals surface area contributed by atoms with Crippen LogP contribution in [-0.2, 0) is 22.8 Å². The quantitative estimate of drug-likeness (QED) is 0.612. The van der Waals surface area contributed by atoms with E-state index in [-0.39, 0.29) is 5.91 Å². The number of aromatic nitrogens is 2. The Kier molecular flexibility index (Phi) is 6.58. The summed E-state index contributed by atoms with van der Waals surface area (Å²) >= 11 is 6.33. The van der Waals surface area contributed by atoms with Crippen LogP contribution in [0.25, 0.3) is 6.08 Å². The maximum atomic E-state index is 11.8. The van der Waals surface area contributed by atoms with Crippen molar-refractivity contribution in [3.63, 3.8) is 0 Å². The first-order chi connectivity index (χ1) is 11.5. The Morgan fingerprint density at radius 2 is 2.08 bits per heavy atom. The average molecular weight is 348 g/mol. The Hall–Kier alpha value is -2.11. The van der Waals surface area contributed by atoms with Crippen molar-refractivity contribution in [1.29, 1.82) is 0 Å². The molecule has 128 valence electrons. The van der Waals surface area contributed by atoms with Gasteiger partial charge in [0.05, 0.1) is 12.3 Å². The van der Waals surface area contributed by atoms with Gasteiger partial charge in [-0.1, -0.05) is 55.8 Å². The zero-order valence-electron chi connectivity index (χ0n) is 14.1. The molecule has 2 rings (SSSR count). The monoisotopic (exact) mass is 347 g/mol. The predicted molar refractivity (Wildman–Crippen MR) is 95.2 cm³/mol. The normalized spacial score (nSPS) is 11.4. The van der Waals surface area contributed by atoms with Gasteiger partial charge in [-0.2, -0.15) is 5.10 Å². The van der Waals surface area contributed by atoms with Crippen molar-refractivity contribution < 1.29 is 9.63 Å². The third kappa shape index (κ3) is 5.22. The molecule has 1 aromatic heterocycles. The summed E-state index contributed by atoms with van der Waals surface area (Å²) in [5.74, 6) is 0.0892. The first-order valence-corrected chi connectivity index (χ1v) is 8.22. The van der Waals surface area contributed by atoms with Crippen LogP contribution in [0.1, 0.15) is 30.7 Å². The molecule has 0 atom stereocenters. The lowest BCUT2D eigenvalue weighted by molar-refractivity contribution is -0.129. The molecule has 1 heterocycles. The van der Waals surface area contributed by atoms with Gasteiger partial charge in [-0.05, 0) is 24.5 Å². The fourth-order valence-electron chi connectivity index (χ4n) is 2.18. The zero-order valence-corrected chi connectivity index (χ0v) is 14.9. The van der Waals surface area contributed by atoms with Crippen molar-refractivity contribution in [2.45, 2.75) is 33.9 Å². The average Bonchev–Trinajstić information content (AvgIpc) is 2.80. The van der Waals surface area contributed by atoms with E-state index in [1.165, 1.54) is 6.08 Å². The van der Waals surface area contributed by atoms with E-state index in [0.717, 1.165) is 23.4 Å². The van der Waals surface area contributed by atoms with Gasteiger partial charge in [0.2, 0.25) is 0 Å². The summed E-state index contributed by atoms with van der Waals surface area (Å²) in [5.41, 5.74) is 4.90. The molecule has 0 saturated heterocycles. The van der Waals surface area contributed by atoms with Crippen molar-refractivity contribution in [2.75, 3.05) is 0 Å². The number of hydrogen-bond donors (Lipinski definition) is 1. The number of aryl methyl sites for hydroxylation is 1. The summed E-state index contributed by atoms with van der Waals surface area (Å²) in [4.78, 5) is 17.0. The smallest absolute Gasteiger partial charge is 0.267 e. The number of rotatable bonds is 7. The summed E-state index contributed by atoms with van der Waals surface area (Å²) in [7, 11) is 0. The second-order valence-corrected chi connectivity index (χ2v) is 6.30. The van der Waals surface area contributed by atoms with Gasteiger partial charge in [-0.3, -0.25) is 14.3 Å². The van der Waals surface area contributed by atoms with Gasteiger partial charge in [-0.15, -0.1) is 0 Å². The first kappa shape index (κ1) is 18.2. The number of carbonyl (C=O) groups excluding carboxylic acids is 1. The van der Waals surface area contributed by atoms with Crippen LogP contribution < -0.4 is 5.48 Å². The van der Waals surface area contributed by atoms with Crippen LogP contribution in [0.4, 0.5) is 0 Å². The van der Waals surface area contributed by atoms with Crippen molar-refractivity contribution in [3.05, 3.63) is 58.4 Å². The van der Waals surface area contributed by atoms with Crippen LogP contribution in [0.15, 0.2) is 36.4 Å². The molecule has 1 amide bonds. The van der Waals surface area contributed by atoms with E-state index in [2.05, 4.69) is 24.4 Å². The van der Waals surface area contributed by atoms with E-state index in [9.17, 15) is 4.79 Å². The van der Waals surface area contributed by atoms with Gasteiger partial charge in [0.15, 0.2) is 0 Å². The number of carbonyl (C=O) groups is 1. The lowest BCUT2D eigenvalue weighted by Gasteiger charge is -2.05. The maximum Gasteiger partial charge on any atom is 0.267 e. The Morgan fingerprint density at radius 3 is 2.75 bits per heavy atom. The molecular weight excluding hydrogens is 326 g/mol. The van der Waals surface area contributed by atoms with E-state index in [1.54, 1.807) is 10.8 Å². The number of hydroxylamine groups is 1. The van der Waals surface area contributed by atoms with Crippen LogP contribution in [0.2, 0.25) is 5.15 Å². The van der Waals surface area contributed by atoms with Crippen LogP contribution in [0, 0.1) is 12.8 Å². The van der Waals surface area contributed by atoms with E-state index in [1.807, 2.05) is 37.3 Å². The molecule has 6 heteroatoms. The molecule has 1 N–H and O–H groups in total. The van der Waals surface area contributed by atoms with Gasteiger partial charge in [-0.25, -0.2) is 5.48 Å². The topological polar surface area (TPSA) is 56.2 Å². The van der Waals surface area contributed by atoms with E-state index in [4.69, 9.17) is 16.4 Å². The largest absolute Gasteiger partial charge is 0.269 e. The summed E-state index contributed by atoms with van der Waals surface area (Å²) in [6.45, 7) is 7.11. The Labute approximate surface area is 147 Å². The SMILES string of the molecule is Cc1nn(CC(C)C)c(Cl)c1/C=C/C(=O)NOCc1ccccc1. The van der Waals surface area contributed by atoms with Gasteiger partial charge in [0, 0.05) is 18.2 Å². The van der Waals surface area contributed by atoms with E-state index < -0.39 is 0 Å². The fourth-order valence-corrected chi connectivity index (χ4v) is 2.49. The minimum Gasteiger partial charge on any atom is -0.269 e. The number of hydrogen-bond acceptors (Lipinski definition) is 3. The molecule has 0 aliphatic heterocycles. The Morgan fingerprint density at radius 1 is 1.38 bits per heavy atom. The molecular formula is C18H22ClN3O2. The van der Waals surface area contributed by atoms with Crippen molar-refractivity contribution in [2.24, 2.45) is 5.92 Å². The van der Waals surface area contributed by atoms with Gasteiger partial charge >= 0.3 is 0 Å². The third-order valence-corrected chi connectivity index (χ3v) is 3.70. The Balaban J connectivity index is 1.90. The van der Waals surface area contributed by atoms with Crippen LogP contribution in [0.5, 0.6) is 0 Å². The summed E-state index contributed by atoms with van der Waals surface area (Å²) in [5, 5.41) is 4.94. The lowest BCUT2D eigenvalue weighted by Crippen LogP contribution is -2.21. The standard InChI is InChI=1S/C18H22ClN3O2/c1-13(2)11-22-18(19)16(14(3)20-22)9-10-17(23)21-24-12-15-7-5-4-6-8-15/h4-10,13H,11-12H2,1-3H3,(H,21,23)/b10-9+. The van der Waals surface area contributed by atoms with Crippen LogP contribution >= 0.6 is 11.6 Å². The van der Waals surface area contributed by atoms with E-state index in [0.29, 0.717) is 17.7 Å². The maximum absolute atomic E-state index is 11.8. The number of nitrogens with one attached hydrogen (secondary N) is 1. The highest BCUT2D eigenvalue weighted by Crippen LogP contribution is 2.22. The molecule has 0 radical (unpaired) electrons. The molecule has 5 nitrogen and oxygen atoms in total. The first-order valence-electron chi connectivity index (χ1n) is 7.84. The highest BCUT2D eigenvalue weighted by molar-refractivity contribution is 6.31. The number of benzene rings is 1. The van der Waals surface area contributed by atoms with Gasteiger partial charge < -0.3 is 0 Å². The molecule has 0 unspecified atom stereocenters. The molecule has 2 aromatic rings. The molecule has 1 aromatic carbocycles. The fraction of sp³-hybridized carbons (Fsp3) is 0.333. The third-order valence-electron chi connectivity index (χ3n) is 3.30. The molecule has 0 bridgehead atoms. The second-order valence-electron chi connectivity index (χ2n) is 5.94. The number of nitrogens with zero attached hydrogens (tertiary/aromatic N) is 2. The van der Waals surface area contributed by atoms with Gasteiger partial charge in [0.25, 0.3) is 5.91 Å². The Bertz CT molecular complexity index is 709. The molecule has 0 aliphatic carbocycles. The second kappa shape index (κ2) is 8.66. The molecule has 0 aliphatic rings. The van der Waals surface area contributed by atoms with Crippen molar-refractivity contribution in [1.82, 2.24) is 15.3 Å². The summed E-state index contributed by atoms with van der Waals surface area (Å²) in [6, 6.07) is 9.61. The van der Waals surface area contributed by atoms with Crippen LogP contribution in [0.3, 0.4) is 0 Å². The molecule has 0 spiro atoms. The number of amides is 1. The summed E-state index contributed by atoms with van der Waals surface area (Å²) < 4.78 is 1.75. The minimum atomic E-state index is -0.349. The zero-order chi connectivity index (χ0) is 17.5. The molecule has 24 heavy (non-hydrogen) atoms. The summed E-state index contributed by atoms with van der Waals surface area (Å²) in [6.07, 6.45) is 3.04. The van der Waals surface area contributed by atoms with Gasteiger partial charge in [0.1, 0.15) is 5.15 Å². The van der Waals surface area contributed by atoms with Crippen molar-refractivity contribution in [3.8, 4) is 0 Å². The van der Waals surface area contributed by atoms with Crippen molar-refractivity contribution >= 4 is 23.6 Å². The molecule has 0 saturated carbocycles. The minimum absolute atomic E-state index is 0.312. The van der Waals surface area contributed by atoms with Crippen LogP contribution in [-0.4, -0.2) is 15.7 Å². The highest BCUT2D eigenvalue weighted by Gasteiger charge is 2.12. The lowest BCUT2D eigenvalue weighted by atomic mass is 10.2. The molecule has 0 fully saturated rings. The highest BCUT2D eigenvalue weighted by atomic mass is 35.5. The van der Waals surface area contributed by atoms with E-state index >= 15 is 0 Å². The predicted octanol–water partition coefficient (Wildman–Crippen LogP) is 3.76.